The van der Waals surface area contributed by atoms with Crippen molar-refractivity contribution in [1.82, 2.24) is 10.0 Å². The summed E-state index contributed by atoms with van der Waals surface area (Å²) in [6, 6.07) is 30.2. The van der Waals surface area contributed by atoms with Crippen LogP contribution in [0.1, 0.15) is 50.0 Å². The molecule has 3 aliphatic carbocycles. The third-order valence-corrected chi connectivity index (χ3v) is 9.02. The van der Waals surface area contributed by atoms with Crippen molar-refractivity contribution in [3.05, 3.63) is 140 Å². The Morgan fingerprint density at radius 2 is 1.18 bits per heavy atom. The van der Waals surface area contributed by atoms with E-state index in [2.05, 4.69) is 40.2 Å². The van der Waals surface area contributed by atoms with E-state index in [1.807, 2.05) is 48.5 Å². The fraction of sp³-hybridized carbons (Fsp3) is 0.156. The summed E-state index contributed by atoms with van der Waals surface area (Å²) in [5.41, 5.74) is 5.51. The highest BCUT2D eigenvalue weighted by Crippen LogP contribution is 2.61. The van der Waals surface area contributed by atoms with Gasteiger partial charge in [0.15, 0.2) is 0 Å². The van der Waals surface area contributed by atoms with Gasteiger partial charge < -0.3 is 0 Å². The van der Waals surface area contributed by atoms with Crippen LogP contribution in [0.2, 0.25) is 5.02 Å². The van der Waals surface area contributed by atoms with Crippen LogP contribution in [-0.2, 0) is 16.1 Å². The number of carbonyl (C=O) groups excluding carboxylic acids is 3. The summed E-state index contributed by atoms with van der Waals surface area (Å²) in [6.45, 7) is 0.0703. The van der Waals surface area contributed by atoms with Crippen molar-refractivity contribution in [3.8, 4) is 0 Å². The van der Waals surface area contributed by atoms with E-state index in [9.17, 15) is 14.4 Å². The van der Waals surface area contributed by atoms with Gasteiger partial charge in [-0.15, -0.1) is 0 Å². The van der Waals surface area contributed by atoms with Crippen LogP contribution in [0.15, 0.2) is 102 Å². The summed E-state index contributed by atoms with van der Waals surface area (Å²) >= 11 is 9.52. The van der Waals surface area contributed by atoms with E-state index in [1.54, 1.807) is 24.3 Å². The Morgan fingerprint density at radius 1 is 0.718 bits per heavy atom. The van der Waals surface area contributed by atoms with Crippen molar-refractivity contribution < 1.29 is 14.4 Å². The molecule has 2 atom stereocenters. The molecule has 1 fully saturated rings. The molecule has 2 bridgehead atoms. The molecule has 4 aromatic rings. The van der Waals surface area contributed by atoms with Gasteiger partial charge in [-0.2, -0.15) is 5.01 Å². The molecule has 3 amide bonds. The van der Waals surface area contributed by atoms with E-state index < -0.39 is 17.7 Å². The number of halogens is 2. The maximum Gasteiger partial charge on any atom is 0.273 e. The van der Waals surface area contributed by atoms with Crippen molar-refractivity contribution in [2.75, 3.05) is 0 Å². The van der Waals surface area contributed by atoms with Gasteiger partial charge in [0.2, 0.25) is 0 Å². The number of hydrazine groups is 1. The fourth-order valence-electron chi connectivity index (χ4n) is 6.64. The Labute approximate surface area is 239 Å². The third kappa shape index (κ3) is 3.69. The van der Waals surface area contributed by atoms with Gasteiger partial charge in [0.05, 0.1) is 18.4 Å². The fourth-order valence-corrected chi connectivity index (χ4v) is 7.03. The minimum Gasteiger partial charge on any atom is -0.272 e. The normalized spacial score (nSPS) is 22.4. The third-order valence-electron chi connectivity index (χ3n) is 8.24. The van der Waals surface area contributed by atoms with Crippen molar-refractivity contribution in [3.63, 3.8) is 0 Å². The lowest BCUT2D eigenvalue weighted by molar-refractivity contribution is -0.155. The predicted molar refractivity (Wildman–Crippen MR) is 151 cm³/mol. The van der Waals surface area contributed by atoms with Crippen LogP contribution in [-0.4, -0.2) is 27.7 Å². The molecule has 0 spiro atoms. The van der Waals surface area contributed by atoms with Crippen LogP contribution in [0.3, 0.4) is 0 Å². The number of nitrogens with zero attached hydrogens (tertiary/aromatic N) is 2. The SMILES string of the molecule is O=C(c1ccc(Cl)cc1)N(Cc1ccc(Br)cc1)N1C(=O)[C@H]2C3c4ccccc4C(c4ccccc43)[C@@H]2C1=O. The highest BCUT2D eigenvalue weighted by atomic mass is 79.9. The largest absolute Gasteiger partial charge is 0.273 e. The van der Waals surface area contributed by atoms with Gasteiger partial charge in [0, 0.05) is 26.9 Å². The molecule has 7 heteroatoms. The van der Waals surface area contributed by atoms with E-state index >= 15 is 0 Å². The zero-order valence-electron chi connectivity index (χ0n) is 20.6. The highest BCUT2D eigenvalue weighted by molar-refractivity contribution is 9.10. The summed E-state index contributed by atoms with van der Waals surface area (Å²) < 4.78 is 0.897. The summed E-state index contributed by atoms with van der Waals surface area (Å²) in [5, 5.41) is 2.94. The molecule has 0 radical (unpaired) electrons. The van der Waals surface area contributed by atoms with Gasteiger partial charge in [-0.1, -0.05) is 88.2 Å². The Morgan fingerprint density at radius 3 is 1.64 bits per heavy atom. The minimum absolute atomic E-state index is 0.0703. The second kappa shape index (κ2) is 9.18. The van der Waals surface area contributed by atoms with Crippen LogP contribution < -0.4 is 0 Å². The van der Waals surface area contributed by atoms with Crippen LogP contribution in [0.4, 0.5) is 0 Å². The van der Waals surface area contributed by atoms with Crippen molar-refractivity contribution in [2.45, 2.75) is 18.4 Å². The quantitative estimate of drug-likeness (QED) is 0.251. The maximum atomic E-state index is 14.3. The second-order valence-corrected chi connectivity index (χ2v) is 11.6. The van der Waals surface area contributed by atoms with E-state index in [0.717, 1.165) is 37.3 Å². The van der Waals surface area contributed by atoms with Crippen LogP contribution in [0.25, 0.3) is 0 Å². The van der Waals surface area contributed by atoms with Gasteiger partial charge in [-0.25, -0.2) is 5.01 Å². The number of rotatable bonds is 4. The average Bonchev–Trinajstić information content (AvgIpc) is 3.23. The molecule has 1 aliphatic heterocycles. The zero-order valence-corrected chi connectivity index (χ0v) is 23.0. The monoisotopic (exact) mass is 596 g/mol. The number of hydrogen-bond acceptors (Lipinski definition) is 3. The molecule has 4 aromatic carbocycles. The Kier molecular flexibility index (Phi) is 5.72. The highest BCUT2D eigenvalue weighted by Gasteiger charge is 2.63. The molecular formula is C32H22BrClN2O3. The molecule has 192 valence electrons. The van der Waals surface area contributed by atoms with Gasteiger partial charge in [0.25, 0.3) is 17.7 Å². The average molecular weight is 598 g/mol. The van der Waals surface area contributed by atoms with Crippen LogP contribution in [0.5, 0.6) is 0 Å². The Bertz CT molecular complexity index is 1540. The number of amides is 3. The lowest BCUT2D eigenvalue weighted by atomic mass is 9.55. The summed E-state index contributed by atoms with van der Waals surface area (Å²) in [6.07, 6.45) is 0. The minimum atomic E-state index is -0.572. The molecule has 39 heavy (non-hydrogen) atoms. The molecule has 5 nitrogen and oxygen atoms in total. The number of carbonyl (C=O) groups is 3. The molecular weight excluding hydrogens is 576 g/mol. The lowest BCUT2D eigenvalue weighted by Crippen LogP contribution is -2.50. The molecule has 1 heterocycles. The Balaban J connectivity index is 1.35. The number of imide groups is 1. The predicted octanol–water partition coefficient (Wildman–Crippen LogP) is 6.55. The molecule has 8 rings (SSSR count). The summed E-state index contributed by atoms with van der Waals surface area (Å²) in [7, 11) is 0. The Hall–Kier alpha value is -3.74. The van der Waals surface area contributed by atoms with E-state index in [1.165, 1.54) is 5.01 Å². The number of hydrogen-bond donors (Lipinski definition) is 0. The smallest absolute Gasteiger partial charge is 0.272 e. The second-order valence-electron chi connectivity index (χ2n) is 10.2. The van der Waals surface area contributed by atoms with Crippen molar-refractivity contribution in [2.24, 2.45) is 11.8 Å². The molecule has 1 saturated heterocycles. The first-order valence-electron chi connectivity index (χ1n) is 12.8. The zero-order chi connectivity index (χ0) is 26.8. The first-order chi connectivity index (χ1) is 18.9. The standard InChI is InChI=1S/C32H22BrClN2O3/c33-20-13-9-18(10-14-20)17-35(30(37)19-11-15-21(34)16-12-19)36-31(38)28-26-22-5-1-2-6-23(22)27(29(28)32(36)39)25-8-4-3-7-24(25)26/h1-16,26-29H,17H2/t26?,27?,28-,29-/m0/s1. The molecule has 0 unspecified atom stereocenters. The van der Waals surface area contributed by atoms with E-state index in [0.29, 0.717) is 10.6 Å². The summed E-state index contributed by atoms with van der Waals surface area (Å²) in [4.78, 5) is 42.6. The van der Waals surface area contributed by atoms with Gasteiger partial charge in [-0.05, 0) is 64.2 Å². The van der Waals surface area contributed by atoms with Gasteiger partial charge >= 0.3 is 0 Å². The topological polar surface area (TPSA) is 57.7 Å². The summed E-state index contributed by atoms with van der Waals surface area (Å²) in [5.74, 6) is -2.72. The molecule has 0 saturated carbocycles. The first-order valence-corrected chi connectivity index (χ1v) is 14.0. The van der Waals surface area contributed by atoms with Gasteiger partial charge in [-0.3, -0.25) is 14.4 Å². The number of benzene rings is 4. The molecule has 4 aliphatic rings. The van der Waals surface area contributed by atoms with E-state index in [4.69, 9.17) is 11.6 Å². The first kappa shape index (κ1) is 24.3. The molecule has 0 N–H and O–H groups in total. The van der Waals surface area contributed by atoms with Crippen LogP contribution in [0, 0.1) is 11.8 Å². The lowest BCUT2D eigenvalue weighted by Gasteiger charge is -2.45. The van der Waals surface area contributed by atoms with Gasteiger partial charge in [0.1, 0.15) is 0 Å². The molecule has 0 aromatic heterocycles. The maximum absolute atomic E-state index is 14.3. The van der Waals surface area contributed by atoms with Crippen molar-refractivity contribution >= 4 is 45.3 Å². The van der Waals surface area contributed by atoms with Crippen LogP contribution >= 0.6 is 27.5 Å². The van der Waals surface area contributed by atoms with E-state index in [-0.39, 0.29) is 30.2 Å². The van der Waals surface area contributed by atoms with Crippen molar-refractivity contribution in [1.29, 1.82) is 0 Å².